The highest BCUT2D eigenvalue weighted by Gasteiger charge is 2.15. The van der Waals surface area contributed by atoms with Gasteiger partial charge in [0.1, 0.15) is 0 Å². The summed E-state index contributed by atoms with van der Waals surface area (Å²) in [4.78, 5) is 31.1. The molecule has 3 rings (SSSR count). The molecule has 9 heteroatoms. The van der Waals surface area contributed by atoms with Gasteiger partial charge in [-0.05, 0) is 18.2 Å². The third-order valence-electron chi connectivity index (χ3n) is 3.00. The number of nitrogens with zero attached hydrogens (tertiary/aromatic N) is 3. The van der Waals surface area contributed by atoms with E-state index in [1.807, 2.05) is 0 Å². The van der Waals surface area contributed by atoms with Crippen molar-refractivity contribution in [3.05, 3.63) is 42.0 Å². The highest BCUT2D eigenvalue weighted by molar-refractivity contribution is 6.08. The predicted octanol–water partition coefficient (Wildman–Crippen LogP) is 0.286. The number of hydrogen-bond donors (Lipinski definition) is 4. The molecule has 6 N–H and O–H groups in total. The summed E-state index contributed by atoms with van der Waals surface area (Å²) < 4.78 is 0. The number of hydrogen-bond acceptors (Lipinski definition) is 6. The first-order valence-corrected chi connectivity index (χ1v) is 6.22. The van der Waals surface area contributed by atoms with Crippen LogP contribution < -0.4 is 16.8 Å². The molecule has 0 aliphatic rings. The van der Waals surface area contributed by atoms with Crippen molar-refractivity contribution in [2.24, 2.45) is 5.73 Å². The van der Waals surface area contributed by atoms with Crippen LogP contribution in [-0.2, 0) is 0 Å². The third-order valence-corrected chi connectivity index (χ3v) is 3.00. The Labute approximate surface area is 123 Å². The highest BCUT2D eigenvalue weighted by atomic mass is 16.2. The quantitative estimate of drug-likeness (QED) is 0.545. The van der Waals surface area contributed by atoms with Crippen LogP contribution in [0.5, 0.6) is 0 Å². The number of amides is 2. The van der Waals surface area contributed by atoms with Gasteiger partial charge in [-0.2, -0.15) is 5.10 Å². The average Bonchev–Trinajstić information content (AvgIpc) is 2.91. The van der Waals surface area contributed by atoms with Gasteiger partial charge >= 0.3 is 0 Å². The van der Waals surface area contributed by atoms with Crippen LogP contribution in [0.4, 0.5) is 11.5 Å². The van der Waals surface area contributed by atoms with E-state index in [0.29, 0.717) is 16.6 Å². The molecular formula is C13H11N7O2. The van der Waals surface area contributed by atoms with Gasteiger partial charge in [0, 0.05) is 23.5 Å². The Balaban J connectivity index is 1.94. The lowest BCUT2D eigenvalue weighted by atomic mass is 10.2. The van der Waals surface area contributed by atoms with E-state index in [0.717, 1.165) is 0 Å². The first kappa shape index (κ1) is 13.5. The van der Waals surface area contributed by atoms with Crippen molar-refractivity contribution in [3.63, 3.8) is 0 Å². The Morgan fingerprint density at radius 1 is 1.14 bits per heavy atom. The number of primary amides is 1. The van der Waals surface area contributed by atoms with Crippen LogP contribution in [0.1, 0.15) is 21.0 Å². The van der Waals surface area contributed by atoms with E-state index in [9.17, 15) is 9.59 Å². The molecule has 0 saturated carbocycles. The Hall–Kier alpha value is -3.49. The summed E-state index contributed by atoms with van der Waals surface area (Å²) in [5.74, 6) is -1.14. The van der Waals surface area contributed by atoms with Gasteiger partial charge in [-0.15, -0.1) is 0 Å². The first-order valence-electron chi connectivity index (χ1n) is 6.22. The van der Waals surface area contributed by atoms with E-state index in [-0.39, 0.29) is 17.2 Å². The zero-order valence-electron chi connectivity index (χ0n) is 11.2. The number of nitrogens with two attached hydrogens (primary N) is 2. The number of aromatic amines is 1. The number of nitrogen functional groups attached to an aromatic ring is 1. The number of rotatable bonds is 3. The smallest absolute Gasteiger partial charge is 0.278 e. The molecule has 2 aromatic heterocycles. The van der Waals surface area contributed by atoms with Gasteiger partial charge < -0.3 is 16.8 Å². The second kappa shape index (κ2) is 5.13. The lowest BCUT2D eigenvalue weighted by Crippen LogP contribution is -2.16. The van der Waals surface area contributed by atoms with E-state index in [1.165, 1.54) is 12.4 Å². The van der Waals surface area contributed by atoms with Gasteiger partial charge in [0.15, 0.2) is 17.2 Å². The van der Waals surface area contributed by atoms with Crippen molar-refractivity contribution in [2.45, 2.75) is 0 Å². The summed E-state index contributed by atoms with van der Waals surface area (Å²) in [5, 5.41) is 9.66. The summed E-state index contributed by atoms with van der Waals surface area (Å²) in [7, 11) is 0. The summed E-state index contributed by atoms with van der Waals surface area (Å²) in [5.41, 5.74) is 12.0. The molecule has 0 aliphatic carbocycles. The number of carbonyl (C=O) groups excluding carboxylic acids is 2. The van der Waals surface area contributed by atoms with Crippen LogP contribution >= 0.6 is 0 Å². The Morgan fingerprint density at radius 2 is 1.91 bits per heavy atom. The standard InChI is InChI=1S/C13H11N7O2/c14-11-10(16-3-4-17-11)13(22)18-6-1-2-8-7(5-6)9(12(15)21)20-19-8/h1-5H,(H2,14,17)(H2,15,21)(H,18,22)(H,19,20). The van der Waals surface area contributed by atoms with E-state index < -0.39 is 11.8 Å². The van der Waals surface area contributed by atoms with Crippen molar-refractivity contribution >= 4 is 34.2 Å². The maximum Gasteiger partial charge on any atom is 0.278 e. The van der Waals surface area contributed by atoms with Crippen LogP contribution in [0.25, 0.3) is 10.9 Å². The van der Waals surface area contributed by atoms with Gasteiger partial charge in [-0.1, -0.05) is 0 Å². The second-order valence-electron chi connectivity index (χ2n) is 4.44. The van der Waals surface area contributed by atoms with Gasteiger partial charge in [-0.25, -0.2) is 9.97 Å². The lowest BCUT2D eigenvalue weighted by molar-refractivity contribution is 0.0994. The molecule has 0 saturated heterocycles. The minimum atomic E-state index is -0.659. The molecule has 22 heavy (non-hydrogen) atoms. The maximum absolute atomic E-state index is 12.1. The van der Waals surface area contributed by atoms with Gasteiger partial charge in [0.2, 0.25) is 0 Å². The number of H-pyrrole nitrogens is 1. The molecule has 0 unspecified atom stereocenters. The number of fused-ring (bicyclic) bond motifs is 1. The lowest BCUT2D eigenvalue weighted by Gasteiger charge is -2.06. The topological polar surface area (TPSA) is 153 Å². The van der Waals surface area contributed by atoms with Gasteiger partial charge in [-0.3, -0.25) is 14.7 Å². The summed E-state index contributed by atoms with van der Waals surface area (Å²) >= 11 is 0. The monoisotopic (exact) mass is 297 g/mol. The molecule has 9 nitrogen and oxygen atoms in total. The zero-order valence-corrected chi connectivity index (χ0v) is 11.2. The minimum absolute atomic E-state index is 0.0184. The first-order chi connectivity index (χ1) is 10.6. The fourth-order valence-electron chi connectivity index (χ4n) is 1.99. The number of anilines is 2. The minimum Gasteiger partial charge on any atom is -0.382 e. The van der Waals surface area contributed by atoms with Crippen LogP contribution in [0.3, 0.4) is 0 Å². The number of nitrogens with one attached hydrogen (secondary N) is 2. The molecular weight excluding hydrogens is 286 g/mol. The van der Waals surface area contributed by atoms with Crippen molar-refractivity contribution in [1.82, 2.24) is 20.2 Å². The van der Waals surface area contributed by atoms with Crippen LogP contribution in [0.15, 0.2) is 30.6 Å². The summed E-state index contributed by atoms with van der Waals surface area (Å²) in [6.07, 6.45) is 2.76. The summed E-state index contributed by atoms with van der Waals surface area (Å²) in [6, 6.07) is 4.91. The van der Waals surface area contributed by atoms with E-state index in [1.54, 1.807) is 18.2 Å². The highest BCUT2D eigenvalue weighted by Crippen LogP contribution is 2.21. The number of carbonyl (C=O) groups is 2. The summed E-state index contributed by atoms with van der Waals surface area (Å²) in [6.45, 7) is 0. The van der Waals surface area contributed by atoms with E-state index in [2.05, 4.69) is 25.5 Å². The van der Waals surface area contributed by atoms with Gasteiger partial charge in [0.05, 0.1) is 5.52 Å². The molecule has 1 aromatic carbocycles. The fourth-order valence-corrected chi connectivity index (χ4v) is 1.99. The Morgan fingerprint density at radius 3 is 2.64 bits per heavy atom. The molecule has 110 valence electrons. The van der Waals surface area contributed by atoms with Crippen molar-refractivity contribution in [3.8, 4) is 0 Å². The fraction of sp³-hybridized carbons (Fsp3) is 0. The maximum atomic E-state index is 12.1. The molecule has 0 fully saturated rings. The molecule has 0 aliphatic heterocycles. The van der Waals surface area contributed by atoms with Crippen LogP contribution in [-0.4, -0.2) is 32.0 Å². The molecule has 0 spiro atoms. The van der Waals surface area contributed by atoms with Crippen molar-refractivity contribution in [1.29, 1.82) is 0 Å². The number of benzene rings is 1. The second-order valence-corrected chi connectivity index (χ2v) is 4.44. The Bertz CT molecular complexity index is 887. The van der Waals surface area contributed by atoms with Crippen LogP contribution in [0, 0.1) is 0 Å². The SMILES string of the molecule is NC(=O)c1n[nH]c2ccc(NC(=O)c3nccnc3N)cc12. The zero-order chi connectivity index (χ0) is 15.7. The predicted molar refractivity (Wildman–Crippen MR) is 79.0 cm³/mol. The van der Waals surface area contributed by atoms with Crippen molar-refractivity contribution < 1.29 is 9.59 Å². The molecule has 0 atom stereocenters. The largest absolute Gasteiger partial charge is 0.382 e. The van der Waals surface area contributed by atoms with E-state index in [4.69, 9.17) is 11.5 Å². The third kappa shape index (κ3) is 2.30. The average molecular weight is 297 g/mol. The van der Waals surface area contributed by atoms with Crippen LogP contribution in [0.2, 0.25) is 0 Å². The molecule has 0 bridgehead atoms. The Kier molecular flexibility index (Phi) is 3.14. The molecule has 2 heterocycles. The van der Waals surface area contributed by atoms with Gasteiger partial charge in [0.25, 0.3) is 11.8 Å². The van der Waals surface area contributed by atoms with E-state index >= 15 is 0 Å². The number of aromatic nitrogens is 4. The van der Waals surface area contributed by atoms with Crippen molar-refractivity contribution in [2.75, 3.05) is 11.1 Å². The molecule has 2 amide bonds. The normalized spacial score (nSPS) is 10.5. The molecule has 0 radical (unpaired) electrons. The molecule has 3 aromatic rings.